The van der Waals surface area contributed by atoms with Crippen molar-refractivity contribution in [2.75, 3.05) is 33.9 Å². The van der Waals surface area contributed by atoms with Crippen LogP contribution in [0.2, 0.25) is 0 Å². The number of nitrogens with two attached hydrogens (primary N) is 1. The molecule has 8 nitrogen and oxygen atoms in total. The smallest absolute Gasteiger partial charge is 0.307 e. The average molecular weight is 358 g/mol. The van der Waals surface area contributed by atoms with E-state index in [4.69, 9.17) is 9.88 Å². The van der Waals surface area contributed by atoms with Crippen molar-refractivity contribution in [2.24, 2.45) is 5.14 Å². The first-order valence-electron chi connectivity index (χ1n) is 7.23. The number of hydrogen-bond donors (Lipinski definition) is 1. The minimum atomic E-state index is -3.73. The van der Waals surface area contributed by atoms with Crippen molar-refractivity contribution in [3.05, 3.63) is 29.8 Å². The molecule has 1 aromatic rings. The highest BCUT2D eigenvalue weighted by molar-refractivity contribution is 7.89. The summed E-state index contributed by atoms with van der Waals surface area (Å²) in [6, 6.07) is 6.11. The highest BCUT2D eigenvalue weighted by Gasteiger charge is 2.15. The van der Waals surface area contributed by atoms with Crippen LogP contribution >= 0.6 is 0 Å². The summed E-state index contributed by atoms with van der Waals surface area (Å²) in [5.74, 6) is -0.634. The SMILES string of the molecule is COCC(=O)N(CCC(=O)OC)CCc1ccc(S(N)(=O)=O)cc1. The van der Waals surface area contributed by atoms with Crippen LogP contribution in [0.5, 0.6) is 0 Å². The van der Waals surface area contributed by atoms with Gasteiger partial charge in [-0.25, -0.2) is 13.6 Å². The standard InChI is InChI=1S/C15H22N2O6S/c1-22-11-14(18)17(10-8-15(19)23-2)9-7-12-3-5-13(6-4-12)24(16,20)21/h3-6H,7-11H2,1-2H3,(H2,16,20,21). The lowest BCUT2D eigenvalue weighted by molar-refractivity contribution is -0.142. The molecular formula is C15H22N2O6S. The normalized spacial score (nSPS) is 11.1. The van der Waals surface area contributed by atoms with E-state index in [1.807, 2.05) is 0 Å². The first kappa shape index (κ1) is 20.1. The molecule has 0 saturated heterocycles. The number of benzene rings is 1. The van der Waals surface area contributed by atoms with E-state index in [1.54, 1.807) is 12.1 Å². The zero-order valence-corrected chi connectivity index (χ0v) is 14.5. The highest BCUT2D eigenvalue weighted by Crippen LogP contribution is 2.10. The number of carbonyl (C=O) groups is 2. The van der Waals surface area contributed by atoms with Gasteiger partial charge in [-0.1, -0.05) is 12.1 Å². The van der Waals surface area contributed by atoms with Crippen LogP contribution in [0.1, 0.15) is 12.0 Å². The van der Waals surface area contributed by atoms with Crippen molar-refractivity contribution in [2.45, 2.75) is 17.7 Å². The molecule has 0 saturated carbocycles. The molecule has 0 aliphatic heterocycles. The third kappa shape index (κ3) is 6.65. The van der Waals surface area contributed by atoms with Crippen LogP contribution in [0.25, 0.3) is 0 Å². The molecule has 0 atom stereocenters. The van der Waals surface area contributed by atoms with E-state index in [1.165, 1.54) is 31.3 Å². The van der Waals surface area contributed by atoms with Gasteiger partial charge in [0.1, 0.15) is 6.61 Å². The van der Waals surface area contributed by atoms with Gasteiger partial charge in [0.25, 0.3) is 0 Å². The second-order valence-electron chi connectivity index (χ2n) is 5.08. The fourth-order valence-electron chi connectivity index (χ4n) is 2.01. The third-order valence-electron chi connectivity index (χ3n) is 3.36. The van der Waals surface area contributed by atoms with Gasteiger partial charge >= 0.3 is 5.97 Å². The van der Waals surface area contributed by atoms with E-state index in [0.29, 0.717) is 13.0 Å². The summed E-state index contributed by atoms with van der Waals surface area (Å²) in [6.45, 7) is 0.517. The predicted molar refractivity (Wildman–Crippen MR) is 86.6 cm³/mol. The summed E-state index contributed by atoms with van der Waals surface area (Å²) in [7, 11) is -1.02. The van der Waals surface area contributed by atoms with Crippen molar-refractivity contribution in [3.8, 4) is 0 Å². The van der Waals surface area contributed by atoms with E-state index in [0.717, 1.165) is 5.56 Å². The van der Waals surface area contributed by atoms with Gasteiger partial charge in [-0.05, 0) is 24.1 Å². The summed E-state index contributed by atoms with van der Waals surface area (Å²) >= 11 is 0. The molecule has 0 fully saturated rings. The average Bonchev–Trinajstić information content (AvgIpc) is 2.54. The first-order chi connectivity index (χ1) is 11.3. The largest absolute Gasteiger partial charge is 0.469 e. The van der Waals surface area contributed by atoms with E-state index in [9.17, 15) is 18.0 Å². The number of rotatable bonds is 9. The van der Waals surface area contributed by atoms with Crippen molar-refractivity contribution < 1.29 is 27.5 Å². The second kappa shape index (κ2) is 9.36. The van der Waals surface area contributed by atoms with Gasteiger partial charge in [-0.3, -0.25) is 9.59 Å². The minimum Gasteiger partial charge on any atom is -0.469 e. The maximum Gasteiger partial charge on any atom is 0.307 e. The highest BCUT2D eigenvalue weighted by atomic mass is 32.2. The monoisotopic (exact) mass is 358 g/mol. The Morgan fingerprint density at radius 1 is 1.12 bits per heavy atom. The summed E-state index contributed by atoms with van der Waals surface area (Å²) < 4.78 is 31.8. The second-order valence-corrected chi connectivity index (χ2v) is 6.64. The van der Waals surface area contributed by atoms with Crippen LogP contribution in [0.3, 0.4) is 0 Å². The lowest BCUT2D eigenvalue weighted by Gasteiger charge is -2.22. The molecule has 1 aromatic carbocycles. The van der Waals surface area contributed by atoms with E-state index >= 15 is 0 Å². The van der Waals surface area contributed by atoms with Crippen LogP contribution in [-0.2, 0) is 35.5 Å². The minimum absolute atomic E-state index is 0.0317. The van der Waals surface area contributed by atoms with E-state index in [-0.39, 0.29) is 30.4 Å². The molecule has 0 bridgehead atoms. The predicted octanol–water partition coefficient (Wildman–Crippen LogP) is -0.0854. The van der Waals surface area contributed by atoms with Crippen LogP contribution in [0, 0.1) is 0 Å². The number of esters is 1. The van der Waals surface area contributed by atoms with Crippen LogP contribution in [0.15, 0.2) is 29.2 Å². The van der Waals surface area contributed by atoms with Gasteiger partial charge < -0.3 is 14.4 Å². The molecule has 0 spiro atoms. The van der Waals surface area contributed by atoms with Gasteiger partial charge in [0.15, 0.2) is 0 Å². The summed E-state index contributed by atoms with van der Waals surface area (Å²) in [4.78, 5) is 24.8. The Hall–Kier alpha value is -1.97. The summed E-state index contributed by atoms with van der Waals surface area (Å²) in [5, 5.41) is 5.04. The lowest BCUT2D eigenvalue weighted by Crippen LogP contribution is -2.37. The van der Waals surface area contributed by atoms with Crippen molar-refractivity contribution >= 4 is 21.9 Å². The number of nitrogens with zero attached hydrogens (tertiary/aromatic N) is 1. The lowest BCUT2D eigenvalue weighted by atomic mass is 10.1. The van der Waals surface area contributed by atoms with Crippen LogP contribution < -0.4 is 5.14 Å². The zero-order chi connectivity index (χ0) is 18.2. The number of hydrogen-bond acceptors (Lipinski definition) is 6. The maximum atomic E-state index is 12.0. The zero-order valence-electron chi connectivity index (χ0n) is 13.7. The Kier molecular flexibility index (Phi) is 7.83. The number of sulfonamides is 1. The molecule has 1 amide bonds. The maximum absolute atomic E-state index is 12.0. The molecule has 0 radical (unpaired) electrons. The number of primary sulfonamides is 1. The quantitative estimate of drug-likeness (QED) is 0.617. The number of carbonyl (C=O) groups excluding carboxylic acids is 2. The van der Waals surface area contributed by atoms with E-state index < -0.39 is 16.0 Å². The Labute approximate surface area is 141 Å². The fraction of sp³-hybridized carbons (Fsp3) is 0.467. The molecular weight excluding hydrogens is 336 g/mol. The fourth-order valence-corrected chi connectivity index (χ4v) is 2.53. The number of ether oxygens (including phenoxy) is 2. The van der Waals surface area contributed by atoms with Gasteiger partial charge in [0, 0.05) is 20.2 Å². The Bertz CT molecular complexity index is 657. The van der Waals surface area contributed by atoms with Crippen molar-refractivity contribution in [1.29, 1.82) is 0 Å². The number of methoxy groups -OCH3 is 2. The Balaban J connectivity index is 2.69. The van der Waals surface area contributed by atoms with Gasteiger partial charge in [0.2, 0.25) is 15.9 Å². The van der Waals surface area contributed by atoms with Crippen LogP contribution in [-0.4, -0.2) is 59.1 Å². The molecule has 1 rings (SSSR count). The van der Waals surface area contributed by atoms with Gasteiger partial charge in [-0.15, -0.1) is 0 Å². The summed E-state index contributed by atoms with van der Waals surface area (Å²) in [5.41, 5.74) is 0.843. The van der Waals surface area contributed by atoms with E-state index in [2.05, 4.69) is 4.74 Å². The molecule has 2 N–H and O–H groups in total. The molecule has 0 unspecified atom stereocenters. The molecule has 134 valence electrons. The van der Waals surface area contributed by atoms with Gasteiger partial charge in [0.05, 0.1) is 18.4 Å². The third-order valence-corrected chi connectivity index (χ3v) is 4.29. The molecule has 0 aliphatic rings. The van der Waals surface area contributed by atoms with Crippen molar-refractivity contribution in [1.82, 2.24) is 4.90 Å². The Morgan fingerprint density at radius 3 is 2.25 bits per heavy atom. The van der Waals surface area contributed by atoms with Crippen LogP contribution in [0.4, 0.5) is 0 Å². The first-order valence-corrected chi connectivity index (χ1v) is 8.78. The molecule has 0 heterocycles. The molecule has 0 aliphatic carbocycles. The van der Waals surface area contributed by atoms with Gasteiger partial charge in [-0.2, -0.15) is 0 Å². The topological polar surface area (TPSA) is 116 Å². The Morgan fingerprint density at radius 2 is 1.75 bits per heavy atom. The molecule has 0 aromatic heterocycles. The number of amides is 1. The molecule has 9 heteroatoms. The summed E-state index contributed by atoms with van der Waals surface area (Å²) in [6.07, 6.45) is 0.595. The van der Waals surface area contributed by atoms with Crippen molar-refractivity contribution in [3.63, 3.8) is 0 Å². The molecule has 24 heavy (non-hydrogen) atoms.